The molecule has 1 fully saturated rings. The molecule has 3 heteroatoms. The molecule has 0 bridgehead atoms. The van der Waals surface area contributed by atoms with Gasteiger partial charge >= 0.3 is 0 Å². The predicted molar refractivity (Wildman–Crippen MR) is 73.8 cm³/mol. The molecule has 2 rings (SSSR count). The minimum atomic E-state index is -0.196. The summed E-state index contributed by atoms with van der Waals surface area (Å²) >= 11 is 3.41. The van der Waals surface area contributed by atoms with Gasteiger partial charge in [0.2, 0.25) is 0 Å². The lowest BCUT2D eigenvalue weighted by Gasteiger charge is -2.32. The molecule has 1 nitrogen and oxygen atoms in total. The fraction of sp³-hybridized carbons (Fsp3) is 0.571. The largest absolute Gasteiger partial charge is 0.381 e. The summed E-state index contributed by atoms with van der Waals surface area (Å²) in [6.07, 6.45) is 6.40. The van der Waals surface area contributed by atoms with Crippen molar-refractivity contribution >= 4 is 21.6 Å². The summed E-state index contributed by atoms with van der Waals surface area (Å²) in [4.78, 5) is 0. The SMILES string of the molecule is CCC1CCCCC1Nc1ccc(F)cc1Br. The van der Waals surface area contributed by atoms with Gasteiger partial charge in [-0.05, 0) is 52.9 Å². The summed E-state index contributed by atoms with van der Waals surface area (Å²) in [7, 11) is 0. The van der Waals surface area contributed by atoms with Gasteiger partial charge in [-0.15, -0.1) is 0 Å². The average Bonchev–Trinajstić information content (AvgIpc) is 2.33. The summed E-state index contributed by atoms with van der Waals surface area (Å²) in [5, 5.41) is 3.56. The maximum absolute atomic E-state index is 13.0. The molecule has 0 aromatic heterocycles. The lowest BCUT2D eigenvalue weighted by Crippen LogP contribution is -2.31. The molecule has 0 heterocycles. The number of rotatable bonds is 3. The normalized spacial score (nSPS) is 24.6. The van der Waals surface area contributed by atoms with E-state index in [1.807, 2.05) is 6.07 Å². The molecule has 0 saturated heterocycles. The Kier molecular flexibility index (Phi) is 4.43. The third kappa shape index (κ3) is 3.21. The third-order valence-corrected chi connectivity index (χ3v) is 4.36. The number of benzene rings is 1. The first-order chi connectivity index (χ1) is 8.20. The van der Waals surface area contributed by atoms with E-state index < -0.39 is 0 Å². The van der Waals surface area contributed by atoms with Crippen molar-refractivity contribution in [2.24, 2.45) is 5.92 Å². The quantitative estimate of drug-likeness (QED) is 0.831. The van der Waals surface area contributed by atoms with Crippen LogP contribution in [0.15, 0.2) is 22.7 Å². The fourth-order valence-corrected chi connectivity index (χ4v) is 3.16. The molecule has 0 radical (unpaired) electrons. The third-order valence-electron chi connectivity index (χ3n) is 3.71. The van der Waals surface area contributed by atoms with Crippen molar-refractivity contribution in [2.45, 2.75) is 45.1 Å². The Bertz CT molecular complexity index is 380. The molecule has 1 aliphatic carbocycles. The Morgan fingerprint density at radius 1 is 1.35 bits per heavy atom. The van der Waals surface area contributed by atoms with Gasteiger partial charge in [-0.1, -0.05) is 26.2 Å². The molecule has 1 N–H and O–H groups in total. The van der Waals surface area contributed by atoms with Crippen LogP contribution in [0.1, 0.15) is 39.0 Å². The van der Waals surface area contributed by atoms with Gasteiger partial charge in [0.05, 0.1) is 0 Å². The van der Waals surface area contributed by atoms with Crippen molar-refractivity contribution in [1.29, 1.82) is 0 Å². The van der Waals surface area contributed by atoms with Crippen molar-refractivity contribution < 1.29 is 4.39 Å². The van der Waals surface area contributed by atoms with Gasteiger partial charge in [-0.25, -0.2) is 4.39 Å². The molecule has 0 spiro atoms. The van der Waals surface area contributed by atoms with Gasteiger partial charge in [-0.2, -0.15) is 0 Å². The first-order valence-electron chi connectivity index (χ1n) is 6.42. The van der Waals surface area contributed by atoms with Crippen LogP contribution in [-0.4, -0.2) is 6.04 Å². The van der Waals surface area contributed by atoms with E-state index in [2.05, 4.69) is 28.2 Å². The van der Waals surface area contributed by atoms with Crippen molar-refractivity contribution in [2.75, 3.05) is 5.32 Å². The summed E-state index contributed by atoms with van der Waals surface area (Å²) in [5.41, 5.74) is 1.01. The fourth-order valence-electron chi connectivity index (χ4n) is 2.69. The second-order valence-electron chi connectivity index (χ2n) is 4.83. The van der Waals surface area contributed by atoms with E-state index in [0.29, 0.717) is 6.04 Å². The van der Waals surface area contributed by atoms with Crippen LogP contribution < -0.4 is 5.32 Å². The molecule has 2 unspecified atom stereocenters. The van der Waals surface area contributed by atoms with E-state index in [1.165, 1.54) is 44.2 Å². The van der Waals surface area contributed by atoms with Gasteiger partial charge < -0.3 is 5.32 Å². The van der Waals surface area contributed by atoms with E-state index in [1.54, 1.807) is 0 Å². The Morgan fingerprint density at radius 3 is 2.82 bits per heavy atom. The van der Waals surface area contributed by atoms with E-state index in [0.717, 1.165) is 16.1 Å². The molecule has 1 aromatic rings. The summed E-state index contributed by atoms with van der Waals surface area (Å²) in [6.45, 7) is 2.25. The Morgan fingerprint density at radius 2 is 2.12 bits per heavy atom. The average molecular weight is 300 g/mol. The minimum Gasteiger partial charge on any atom is -0.381 e. The van der Waals surface area contributed by atoms with Crippen LogP contribution in [0.5, 0.6) is 0 Å². The maximum Gasteiger partial charge on any atom is 0.124 e. The van der Waals surface area contributed by atoms with Gasteiger partial charge in [0.15, 0.2) is 0 Å². The van der Waals surface area contributed by atoms with Crippen LogP contribution >= 0.6 is 15.9 Å². The van der Waals surface area contributed by atoms with E-state index >= 15 is 0 Å². The zero-order valence-electron chi connectivity index (χ0n) is 10.2. The molecule has 0 amide bonds. The number of hydrogen-bond donors (Lipinski definition) is 1. The van der Waals surface area contributed by atoms with Crippen molar-refractivity contribution in [3.8, 4) is 0 Å². The Labute approximate surface area is 111 Å². The molecule has 1 saturated carbocycles. The molecule has 1 aliphatic rings. The van der Waals surface area contributed by atoms with E-state index in [4.69, 9.17) is 0 Å². The summed E-state index contributed by atoms with van der Waals surface area (Å²) in [5.74, 6) is 0.554. The maximum atomic E-state index is 13.0. The van der Waals surface area contributed by atoms with Crippen LogP contribution in [0.25, 0.3) is 0 Å². The number of hydrogen-bond acceptors (Lipinski definition) is 1. The van der Waals surface area contributed by atoms with Crippen LogP contribution in [-0.2, 0) is 0 Å². The van der Waals surface area contributed by atoms with Crippen molar-refractivity contribution in [3.63, 3.8) is 0 Å². The molecular formula is C14H19BrFN. The number of nitrogens with one attached hydrogen (secondary N) is 1. The molecule has 17 heavy (non-hydrogen) atoms. The highest BCUT2D eigenvalue weighted by molar-refractivity contribution is 9.10. The van der Waals surface area contributed by atoms with Gasteiger partial charge in [0.1, 0.15) is 5.82 Å². The highest BCUT2D eigenvalue weighted by Crippen LogP contribution is 2.31. The monoisotopic (exact) mass is 299 g/mol. The second-order valence-corrected chi connectivity index (χ2v) is 5.68. The highest BCUT2D eigenvalue weighted by atomic mass is 79.9. The lowest BCUT2D eigenvalue weighted by atomic mass is 9.83. The van der Waals surface area contributed by atoms with Crippen LogP contribution in [0.2, 0.25) is 0 Å². The molecule has 94 valence electrons. The smallest absolute Gasteiger partial charge is 0.124 e. The van der Waals surface area contributed by atoms with Crippen molar-refractivity contribution in [1.82, 2.24) is 0 Å². The first kappa shape index (κ1) is 12.9. The van der Waals surface area contributed by atoms with Crippen LogP contribution in [0, 0.1) is 11.7 Å². The lowest BCUT2D eigenvalue weighted by molar-refractivity contribution is 0.317. The zero-order chi connectivity index (χ0) is 12.3. The second kappa shape index (κ2) is 5.85. The number of anilines is 1. The van der Waals surface area contributed by atoms with E-state index in [-0.39, 0.29) is 5.82 Å². The van der Waals surface area contributed by atoms with Gasteiger partial charge in [-0.3, -0.25) is 0 Å². The molecular weight excluding hydrogens is 281 g/mol. The predicted octanol–water partition coefficient (Wildman–Crippen LogP) is 4.97. The Hall–Kier alpha value is -0.570. The van der Waals surface area contributed by atoms with Crippen LogP contribution in [0.3, 0.4) is 0 Å². The molecule has 2 atom stereocenters. The van der Waals surface area contributed by atoms with Crippen LogP contribution in [0.4, 0.5) is 10.1 Å². The summed E-state index contributed by atoms with van der Waals surface area (Å²) in [6, 6.07) is 5.39. The summed E-state index contributed by atoms with van der Waals surface area (Å²) < 4.78 is 13.8. The molecule has 0 aliphatic heterocycles. The van der Waals surface area contributed by atoms with E-state index in [9.17, 15) is 4.39 Å². The Balaban J connectivity index is 2.08. The highest BCUT2D eigenvalue weighted by Gasteiger charge is 2.23. The van der Waals surface area contributed by atoms with Crippen molar-refractivity contribution in [3.05, 3.63) is 28.5 Å². The number of halogens is 2. The van der Waals surface area contributed by atoms with Gasteiger partial charge in [0.25, 0.3) is 0 Å². The topological polar surface area (TPSA) is 12.0 Å². The molecule has 1 aromatic carbocycles. The minimum absolute atomic E-state index is 0.196. The zero-order valence-corrected chi connectivity index (χ0v) is 11.8. The van der Waals surface area contributed by atoms with Gasteiger partial charge in [0, 0.05) is 16.2 Å². The first-order valence-corrected chi connectivity index (χ1v) is 7.21. The standard InChI is InChI=1S/C14H19BrFN/c1-2-10-5-3-4-6-13(10)17-14-8-7-11(16)9-12(14)15/h7-10,13,17H,2-6H2,1H3.